The lowest BCUT2D eigenvalue weighted by molar-refractivity contribution is 0.0696. The van der Waals surface area contributed by atoms with Crippen LogP contribution in [-0.4, -0.2) is 19.5 Å². The van der Waals surface area contributed by atoms with E-state index in [0.717, 1.165) is 0 Å². The molecule has 7 heteroatoms. The van der Waals surface area contributed by atoms with Gasteiger partial charge in [0.25, 0.3) is 0 Å². The maximum atomic E-state index is 12.1. The van der Waals surface area contributed by atoms with Gasteiger partial charge in [-0.1, -0.05) is 41.9 Å². The Morgan fingerprint density at radius 2 is 1.71 bits per heavy atom. The highest BCUT2D eigenvalue weighted by atomic mass is 35.5. The molecular formula is C14H12ClNO4S. The van der Waals surface area contributed by atoms with E-state index >= 15 is 0 Å². The Hall–Kier alpha value is -2.05. The molecule has 0 aliphatic carbocycles. The minimum atomic E-state index is -3.76. The number of halogens is 1. The van der Waals surface area contributed by atoms with Crippen molar-refractivity contribution in [3.63, 3.8) is 0 Å². The smallest absolute Gasteiger partial charge is 0.335 e. The molecule has 0 aliphatic heterocycles. The van der Waals surface area contributed by atoms with Crippen LogP contribution in [0, 0.1) is 0 Å². The van der Waals surface area contributed by atoms with Crippen LogP contribution in [-0.2, 0) is 15.8 Å². The SMILES string of the molecule is O=C(O)c1ccccc1CS(=O)(=O)Nc1ccccc1Cl. The number of sulfonamides is 1. The lowest BCUT2D eigenvalue weighted by Crippen LogP contribution is -2.17. The molecule has 0 saturated heterocycles. The number of rotatable bonds is 5. The molecule has 0 fully saturated rings. The van der Waals surface area contributed by atoms with Crippen LogP contribution in [0.4, 0.5) is 5.69 Å². The van der Waals surface area contributed by atoms with Crippen LogP contribution in [0.15, 0.2) is 48.5 Å². The molecule has 2 rings (SSSR count). The molecule has 0 spiro atoms. The van der Waals surface area contributed by atoms with E-state index in [-0.39, 0.29) is 21.8 Å². The zero-order valence-corrected chi connectivity index (χ0v) is 12.4. The fourth-order valence-corrected chi connectivity index (χ4v) is 3.29. The average Bonchev–Trinajstić information content (AvgIpc) is 2.41. The predicted molar refractivity (Wildman–Crippen MR) is 81.1 cm³/mol. The molecule has 0 radical (unpaired) electrons. The molecule has 2 aromatic carbocycles. The largest absolute Gasteiger partial charge is 0.478 e. The van der Waals surface area contributed by atoms with E-state index < -0.39 is 21.7 Å². The summed E-state index contributed by atoms with van der Waals surface area (Å²) >= 11 is 5.89. The van der Waals surface area contributed by atoms with E-state index in [1.165, 1.54) is 18.2 Å². The number of anilines is 1. The van der Waals surface area contributed by atoms with Crippen LogP contribution >= 0.6 is 11.6 Å². The van der Waals surface area contributed by atoms with Crippen LogP contribution in [0.3, 0.4) is 0 Å². The first-order valence-electron chi connectivity index (χ1n) is 5.95. The Morgan fingerprint density at radius 3 is 2.38 bits per heavy atom. The minimum absolute atomic E-state index is 0.0398. The minimum Gasteiger partial charge on any atom is -0.478 e. The van der Waals surface area contributed by atoms with Gasteiger partial charge in [-0.2, -0.15) is 0 Å². The van der Waals surface area contributed by atoms with Crippen molar-refractivity contribution in [2.24, 2.45) is 0 Å². The van der Waals surface area contributed by atoms with Crippen LogP contribution in [0.1, 0.15) is 15.9 Å². The highest BCUT2D eigenvalue weighted by Crippen LogP contribution is 2.23. The lowest BCUT2D eigenvalue weighted by atomic mass is 10.1. The van der Waals surface area contributed by atoms with Crippen molar-refractivity contribution in [3.8, 4) is 0 Å². The third-order valence-corrected chi connectivity index (χ3v) is 4.28. The quantitative estimate of drug-likeness (QED) is 0.885. The molecule has 5 nitrogen and oxygen atoms in total. The molecule has 0 amide bonds. The Kier molecular flexibility index (Phi) is 4.50. The molecule has 0 unspecified atom stereocenters. The molecule has 0 heterocycles. The summed E-state index contributed by atoms with van der Waals surface area (Å²) in [4.78, 5) is 11.1. The molecule has 0 saturated carbocycles. The number of benzene rings is 2. The van der Waals surface area contributed by atoms with Crippen LogP contribution < -0.4 is 4.72 Å². The van der Waals surface area contributed by atoms with E-state index in [1.807, 2.05) is 0 Å². The molecule has 2 N–H and O–H groups in total. The van der Waals surface area contributed by atoms with Gasteiger partial charge in [0.15, 0.2) is 0 Å². The second-order valence-electron chi connectivity index (χ2n) is 4.30. The summed E-state index contributed by atoms with van der Waals surface area (Å²) in [6.07, 6.45) is 0. The second-order valence-corrected chi connectivity index (χ2v) is 6.43. The Morgan fingerprint density at radius 1 is 1.10 bits per heavy atom. The molecule has 0 bridgehead atoms. The van der Waals surface area contributed by atoms with E-state index in [1.54, 1.807) is 30.3 Å². The summed E-state index contributed by atoms with van der Waals surface area (Å²) in [6, 6.07) is 12.4. The van der Waals surface area contributed by atoms with Crippen molar-refractivity contribution >= 4 is 33.3 Å². The van der Waals surface area contributed by atoms with Gasteiger partial charge in [-0.15, -0.1) is 0 Å². The molecule has 110 valence electrons. The number of hydrogen-bond acceptors (Lipinski definition) is 3. The summed E-state index contributed by atoms with van der Waals surface area (Å²) in [5.74, 6) is -1.61. The zero-order valence-electron chi connectivity index (χ0n) is 10.8. The zero-order chi connectivity index (χ0) is 15.5. The highest BCUT2D eigenvalue weighted by molar-refractivity contribution is 7.91. The van der Waals surface area contributed by atoms with Crippen molar-refractivity contribution < 1.29 is 18.3 Å². The standard InChI is InChI=1S/C14H12ClNO4S/c15-12-7-3-4-8-13(12)16-21(19,20)9-10-5-1-2-6-11(10)14(17)18/h1-8,16H,9H2,(H,17,18). The molecule has 21 heavy (non-hydrogen) atoms. The van der Waals surface area contributed by atoms with E-state index in [0.29, 0.717) is 0 Å². The summed E-state index contributed by atoms with van der Waals surface area (Å²) < 4.78 is 26.6. The fraction of sp³-hybridized carbons (Fsp3) is 0.0714. The maximum Gasteiger partial charge on any atom is 0.335 e. The number of carboxylic acids is 1. The van der Waals surface area contributed by atoms with Gasteiger partial charge >= 0.3 is 5.97 Å². The first-order chi connectivity index (χ1) is 9.89. The monoisotopic (exact) mass is 325 g/mol. The van der Waals surface area contributed by atoms with E-state index in [4.69, 9.17) is 16.7 Å². The summed E-state index contributed by atoms with van der Waals surface area (Å²) in [5, 5.41) is 9.33. The predicted octanol–water partition coefficient (Wildman–Crippen LogP) is 2.98. The number of carboxylic acid groups (broad SMARTS) is 1. The van der Waals surface area contributed by atoms with E-state index in [2.05, 4.69) is 4.72 Å². The molecule has 0 atom stereocenters. The molecular weight excluding hydrogens is 314 g/mol. The fourth-order valence-electron chi connectivity index (χ4n) is 1.81. The molecule has 2 aromatic rings. The number of aromatic carboxylic acids is 1. The summed E-state index contributed by atoms with van der Waals surface area (Å²) in [5.41, 5.74) is 0.429. The normalized spacial score (nSPS) is 11.1. The first-order valence-corrected chi connectivity index (χ1v) is 7.98. The lowest BCUT2D eigenvalue weighted by Gasteiger charge is -2.10. The third-order valence-electron chi connectivity index (χ3n) is 2.73. The van der Waals surface area contributed by atoms with Gasteiger partial charge in [0.2, 0.25) is 10.0 Å². The van der Waals surface area contributed by atoms with Crippen molar-refractivity contribution in [2.75, 3.05) is 4.72 Å². The maximum absolute atomic E-state index is 12.1. The van der Waals surface area contributed by atoms with Crippen LogP contribution in [0.2, 0.25) is 5.02 Å². The summed E-state index contributed by atoms with van der Waals surface area (Å²) in [6.45, 7) is 0. The third kappa shape index (κ3) is 3.96. The Balaban J connectivity index is 2.27. The topological polar surface area (TPSA) is 83.5 Å². The van der Waals surface area contributed by atoms with Gasteiger partial charge in [0.05, 0.1) is 22.0 Å². The van der Waals surface area contributed by atoms with Gasteiger partial charge in [-0.05, 0) is 23.8 Å². The second kappa shape index (κ2) is 6.15. The van der Waals surface area contributed by atoms with Crippen molar-refractivity contribution in [1.82, 2.24) is 0 Å². The number of carbonyl (C=O) groups is 1. The Labute approximate surface area is 127 Å². The molecule has 0 aliphatic rings. The van der Waals surface area contributed by atoms with Crippen molar-refractivity contribution in [1.29, 1.82) is 0 Å². The number of nitrogens with one attached hydrogen (secondary N) is 1. The highest BCUT2D eigenvalue weighted by Gasteiger charge is 2.18. The molecule has 0 aromatic heterocycles. The van der Waals surface area contributed by atoms with Gasteiger partial charge in [-0.25, -0.2) is 13.2 Å². The number of hydrogen-bond donors (Lipinski definition) is 2. The Bertz CT molecular complexity index is 774. The van der Waals surface area contributed by atoms with Gasteiger partial charge in [0.1, 0.15) is 0 Å². The van der Waals surface area contributed by atoms with Gasteiger partial charge in [0, 0.05) is 0 Å². The van der Waals surface area contributed by atoms with Crippen molar-refractivity contribution in [2.45, 2.75) is 5.75 Å². The van der Waals surface area contributed by atoms with Gasteiger partial charge in [-0.3, -0.25) is 4.72 Å². The van der Waals surface area contributed by atoms with E-state index in [9.17, 15) is 13.2 Å². The van der Waals surface area contributed by atoms with Gasteiger partial charge < -0.3 is 5.11 Å². The average molecular weight is 326 g/mol. The van der Waals surface area contributed by atoms with Crippen LogP contribution in [0.5, 0.6) is 0 Å². The van der Waals surface area contributed by atoms with Crippen LogP contribution in [0.25, 0.3) is 0 Å². The van der Waals surface area contributed by atoms with Crippen molar-refractivity contribution in [3.05, 3.63) is 64.7 Å². The number of para-hydroxylation sites is 1. The first kappa shape index (κ1) is 15.3. The summed E-state index contributed by atoms with van der Waals surface area (Å²) in [7, 11) is -3.76.